The third-order valence-electron chi connectivity index (χ3n) is 4.56. The van der Waals surface area contributed by atoms with E-state index in [1.807, 2.05) is 39.1 Å². The van der Waals surface area contributed by atoms with Crippen LogP contribution in [0.15, 0.2) is 17.5 Å². The standard InChI is InChI=1S/C20H25N5O2S2/c1-11-7-14(29-25-11)10-16-23-15-5-6-28-17(15)18(24-16)21-12-8-13(9-12)22-19(26)27-20(2,3)4/h5-7,12-13H,8-10H2,1-4H3,(H,22,26)(H,21,23,24). The number of nitrogens with one attached hydrogen (secondary N) is 2. The van der Waals surface area contributed by atoms with E-state index in [4.69, 9.17) is 14.7 Å². The number of carbonyl (C=O) groups excluding carboxylic acids is 1. The molecule has 7 nitrogen and oxygen atoms in total. The first-order chi connectivity index (χ1) is 13.7. The number of carbonyl (C=O) groups is 1. The van der Waals surface area contributed by atoms with Gasteiger partial charge in [-0.25, -0.2) is 14.8 Å². The van der Waals surface area contributed by atoms with Crippen LogP contribution in [0.3, 0.4) is 0 Å². The molecule has 2 N–H and O–H groups in total. The number of hydrogen-bond donors (Lipinski definition) is 2. The van der Waals surface area contributed by atoms with Gasteiger partial charge in [0.25, 0.3) is 0 Å². The van der Waals surface area contributed by atoms with Crippen molar-refractivity contribution in [2.24, 2.45) is 0 Å². The smallest absolute Gasteiger partial charge is 0.407 e. The molecule has 1 aliphatic carbocycles. The van der Waals surface area contributed by atoms with Gasteiger partial charge in [-0.1, -0.05) is 0 Å². The highest BCUT2D eigenvalue weighted by atomic mass is 32.1. The first-order valence-electron chi connectivity index (χ1n) is 9.67. The first kappa shape index (κ1) is 20.0. The Morgan fingerprint density at radius 1 is 1.28 bits per heavy atom. The summed E-state index contributed by atoms with van der Waals surface area (Å²) in [5.41, 5.74) is 1.51. The van der Waals surface area contributed by atoms with E-state index in [1.165, 1.54) is 11.5 Å². The molecular weight excluding hydrogens is 406 g/mol. The Labute approximate surface area is 178 Å². The van der Waals surface area contributed by atoms with Crippen molar-refractivity contribution < 1.29 is 9.53 Å². The van der Waals surface area contributed by atoms with Crippen LogP contribution >= 0.6 is 22.9 Å². The van der Waals surface area contributed by atoms with Gasteiger partial charge in [-0.15, -0.1) is 11.3 Å². The van der Waals surface area contributed by atoms with E-state index in [-0.39, 0.29) is 18.2 Å². The van der Waals surface area contributed by atoms with Crippen LogP contribution in [0.2, 0.25) is 0 Å². The fraction of sp³-hybridized carbons (Fsp3) is 0.500. The summed E-state index contributed by atoms with van der Waals surface area (Å²) in [5, 5.41) is 8.52. The lowest BCUT2D eigenvalue weighted by Crippen LogP contribution is -2.50. The summed E-state index contributed by atoms with van der Waals surface area (Å²) >= 11 is 3.14. The molecule has 0 bridgehead atoms. The summed E-state index contributed by atoms with van der Waals surface area (Å²) in [6.45, 7) is 7.59. The second-order valence-corrected chi connectivity index (χ2v) is 10.2. The third-order valence-corrected chi connectivity index (χ3v) is 6.35. The second-order valence-electron chi connectivity index (χ2n) is 8.39. The predicted molar refractivity (Wildman–Crippen MR) is 117 cm³/mol. The Balaban J connectivity index is 1.39. The van der Waals surface area contributed by atoms with Gasteiger partial charge >= 0.3 is 6.09 Å². The van der Waals surface area contributed by atoms with E-state index in [2.05, 4.69) is 21.1 Å². The van der Waals surface area contributed by atoms with Gasteiger partial charge in [-0.2, -0.15) is 4.37 Å². The maximum Gasteiger partial charge on any atom is 0.407 e. The molecule has 4 rings (SSSR count). The minimum absolute atomic E-state index is 0.127. The SMILES string of the molecule is Cc1cc(Cc2nc(NC3CC(NC(=O)OC(C)(C)C)C3)c3sccc3n2)sn1. The van der Waals surface area contributed by atoms with Crippen LogP contribution in [0.1, 0.15) is 50.0 Å². The van der Waals surface area contributed by atoms with Crippen molar-refractivity contribution in [2.75, 3.05) is 5.32 Å². The molecule has 0 saturated heterocycles. The maximum atomic E-state index is 11.9. The van der Waals surface area contributed by atoms with Crippen molar-refractivity contribution in [3.05, 3.63) is 33.9 Å². The number of aryl methyl sites for hydroxylation is 1. The number of anilines is 1. The first-order valence-corrected chi connectivity index (χ1v) is 11.3. The topological polar surface area (TPSA) is 89.0 Å². The summed E-state index contributed by atoms with van der Waals surface area (Å²) in [6, 6.07) is 4.51. The Morgan fingerprint density at radius 2 is 2.07 bits per heavy atom. The van der Waals surface area contributed by atoms with E-state index in [0.717, 1.165) is 45.3 Å². The molecule has 3 heterocycles. The number of aromatic nitrogens is 3. The lowest BCUT2D eigenvalue weighted by atomic mass is 9.87. The summed E-state index contributed by atoms with van der Waals surface area (Å²) in [5.74, 6) is 1.67. The lowest BCUT2D eigenvalue weighted by Gasteiger charge is -2.37. The van der Waals surface area contributed by atoms with Crippen molar-refractivity contribution in [2.45, 2.75) is 64.6 Å². The molecule has 0 aromatic carbocycles. The minimum Gasteiger partial charge on any atom is -0.444 e. The molecule has 1 saturated carbocycles. The van der Waals surface area contributed by atoms with E-state index in [1.54, 1.807) is 11.3 Å². The molecule has 0 radical (unpaired) electrons. The molecule has 9 heteroatoms. The zero-order valence-corrected chi connectivity index (χ0v) is 18.6. The largest absolute Gasteiger partial charge is 0.444 e. The van der Waals surface area contributed by atoms with Gasteiger partial charge in [0.15, 0.2) is 0 Å². The maximum absolute atomic E-state index is 11.9. The highest BCUT2D eigenvalue weighted by molar-refractivity contribution is 7.17. The van der Waals surface area contributed by atoms with Gasteiger partial charge in [0.1, 0.15) is 17.2 Å². The molecule has 3 aromatic heterocycles. The normalized spacial score (nSPS) is 19.0. The summed E-state index contributed by atoms with van der Waals surface area (Å²) in [7, 11) is 0. The third kappa shape index (κ3) is 5.02. The molecule has 0 unspecified atom stereocenters. The highest BCUT2D eigenvalue weighted by Gasteiger charge is 2.32. The van der Waals surface area contributed by atoms with Crippen molar-refractivity contribution in [3.63, 3.8) is 0 Å². The number of hydrogen-bond acceptors (Lipinski definition) is 8. The molecular formula is C20H25N5O2S2. The lowest BCUT2D eigenvalue weighted by molar-refractivity contribution is 0.0475. The van der Waals surface area contributed by atoms with E-state index in [0.29, 0.717) is 6.42 Å². The van der Waals surface area contributed by atoms with E-state index in [9.17, 15) is 4.79 Å². The van der Waals surface area contributed by atoms with E-state index < -0.39 is 5.60 Å². The number of thiophene rings is 1. The van der Waals surface area contributed by atoms with Crippen LogP contribution in [0.5, 0.6) is 0 Å². The van der Waals surface area contributed by atoms with Crippen LogP contribution < -0.4 is 10.6 Å². The average Bonchev–Trinajstić information content (AvgIpc) is 3.20. The van der Waals surface area contributed by atoms with Gasteiger partial charge in [-0.05, 0) is 69.6 Å². The summed E-state index contributed by atoms with van der Waals surface area (Å²) in [6.07, 6.45) is 2.02. The Kier molecular flexibility index (Phi) is 5.44. The van der Waals surface area contributed by atoms with E-state index >= 15 is 0 Å². The highest BCUT2D eigenvalue weighted by Crippen LogP contribution is 2.31. The number of amides is 1. The zero-order chi connectivity index (χ0) is 20.6. The molecule has 3 aromatic rings. The number of alkyl carbamates (subject to hydrolysis) is 1. The van der Waals surface area contributed by atoms with Gasteiger partial charge in [0.2, 0.25) is 0 Å². The summed E-state index contributed by atoms with van der Waals surface area (Å²) < 4.78 is 10.7. The average molecular weight is 432 g/mol. The predicted octanol–water partition coefficient (Wildman–Crippen LogP) is 4.51. The van der Waals surface area contributed by atoms with Gasteiger partial charge < -0.3 is 15.4 Å². The Hall–Kier alpha value is -2.26. The second kappa shape index (κ2) is 7.87. The number of ether oxygens (including phenoxy) is 1. The van der Waals surface area contributed by atoms with Crippen molar-refractivity contribution in [1.82, 2.24) is 19.7 Å². The monoisotopic (exact) mass is 431 g/mol. The number of rotatable bonds is 5. The molecule has 29 heavy (non-hydrogen) atoms. The Bertz CT molecular complexity index is 1020. The zero-order valence-electron chi connectivity index (χ0n) is 17.0. The molecule has 1 amide bonds. The van der Waals surface area contributed by atoms with Gasteiger partial charge in [-0.3, -0.25) is 0 Å². The van der Waals surface area contributed by atoms with Crippen molar-refractivity contribution >= 4 is 45.0 Å². The molecule has 1 fully saturated rings. The van der Waals surface area contributed by atoms with Crippen LogP contribution in [-0.4, -0.2) is 38.1 Å². The number of fused-ring (bicyclic) bond motifs is 1. The molecule has 0 spiro atoms. The Morgan fingerprint density at radius 3 is 2.76 bits per heavy atom. The molecule has 0 atom stereocenters. The molecule has 154 valence electrons. The van der Waals surface area contributed by atoms with Crippen LogP contribution in [0, 0.1) is 6.92 Å². The van der Waals surface area contributed by atoms with Crippen LogP contribution in [0.25, 0.3) is 10.2 Å². The summed E-state index contributed by atoms with van der Waals surface area (Å²) in [4.78, 5) is 22.6. The molecule has 1 aliphatic rings. The number of nitrogens with zero attached hydrogens (tertiary/aromatic N) is 3. The van der Waals surface area contributed by atoms with Crippen molar-refractivity contribution in [1.29, 1.82) is 0 Å². The van der Waals surface area contributed by atoms with Crippen LogP contribution in [0.4, 0.5) is 10.6 Å². The van der Waals surface area contributed by atoms with Crippen molar-refractivity contribution in [3.8, 4) is 0 Å². The molecule has 0 aliphatic heterocycles. The van der Waals surface area contributed by atoms with Gasteiger partial charge in [0.05, 0.1) is 15.9 Å². The van der Waals surface area contributed by atoms with Gasteiger partial charge in [0, 0.05) is 23.4 Å². The quantitative estimate of drug-likeness (QED) is 0.618. The van der Waals surface area contributed by atoms with Crippen LogP contribution in [-0.2, 0) is 11.2 Å². The fourth-order valence-electron chi connectivity index (χ4n) is 3.27. The fourth-order valence-corrected chi connectivity index (χ4v) is 4.78. The minimum atomic E-state index is -0.482.